The quantitative estimate of drug-likeness (QED) is 0.674. The number of piperidine rings is 1. The van der Waals surface area contributed by atoms with Gasteiger partial charge >= 0.3 is 5.97 Å². The molecular weight excluding hydrogens is 372 g/mol. The number of likely N-dealkylation sites (tertiary alicyclic amines) is 1. The summed E-state index contributed by atoms with van der Waals surface area (Å²) in [5.41, 5.74) is 1.28. The molecule has 0 radical (unpaired) electrons. The molecule has 7 nitrogen and oxygen atoms in total. The lowest BCUT2D eigenvalue weighted by Gasteiger charge is -2.33. The maximum absolute atomic E-state index is 12.8. The van der Waals surface area contributed by atoms with Gasteiger partial charge in [0.2, 0.25) is 5.91 Å². The fraction of sp³-hybridized carbons (Fsp3) is 0.545. The van der Waals surface area contributed by atoms with E-state index in [0.29, 0.717) is 0 Å². The van der Waals surface area contributed by atoms with Crippen LogP contribution in [0.15, 0.2) is 36.4 Å². The Kier molecular flexibility index (Phi) is 5.87. The second kappa shape index (κ2) is 8.55. The largest absolute Gasteiger partial charge is 0.497 e. The van der Waals surface area contributed by atoms with Crippen molar-refractivity contribution in [1.29, 1.82) is 0 Å². The number of ether oxygens (including phenoxy) is 2. The van der Waals surface area contributed by atoms with Gasteiger partial charge in [-0.15, -0.1) is 0 Å². The third-order valence-electron chi connectivity index (χ3n) is 6.30. The number of methoxy groups -OCH3 is 1. The number of fused-ring (bicyclic) bond motifs is 2. The molecule has 29 heavy (non-hydrogen) atoms. The summed E-state index contributed by atoms with van der Waals surface area (Å²) in [6.45, 7) is 2.84. The second-order valence-electron chi connectivity index (χ2n) is 8.06. The molecule has 2 saturated heterocycles. The molecular formula is C22H28N2O5. The van der Waals surface area contributed by atoms with Crippen LogP contribution in [0.4, 0.5) is 0 Å². The van der Waals surface area contributed by atoms with Crippen LogP contribution in [0.2, 0.25) is 0 Å². The van der Waals surface area contributed by atoms with E-state index in [1.54, 1.807) is 13.2 Å². The number of carbonyl (C=O) groups is 2. The standard InChI is InChI=1S/C22H28N2O5/c1-28-16-4-2-14(3-5-16)8-11-24-12-9-15(10-13-24)23-21(25)19-17-6-7-18(29-17)20(19)22(26)27/h2-7,15,17-20H,8-13H2,1H3,(H,23,25)(H,26,27)/t17-,18-,19?,20?/m1/s1. The van der Waals surface area contributed by atoms with Crippen molar-refractivity contribution in [3.63, 3.8) is 0 Å². The van der Waals surface area contributed by atoms with E-state index in [0.717, 1.165) is 44.6 Å². The summed E-state index contributed by atoms with van der Waals surface area (Å²) in [7, 11) is 1.67. The van der Waals surface area contributed by atoms with E-state index in [1.165, 1.54) is 5.56 Å². The Morgan fingerprint density at radius 2 is 1.79 bits per heavy atom. The molecule has 2 N–H and O–H groups in total. The van der Waals surface area contributed by atoms with E-state index in [4.69, 9.17) is 9.47 Å². The van der Waals surface area contributed by atoms with Crippen LogP contribution in [0.1, 0.15) is 18.4 Å². The molecule has 0 aromatic heterocycles. The van der Waals surface area contributed by atoms with Crippen molar-refractivity contribution in [1.82, 2.24) is 10.2 Å². The molecule has 1 aromatic rings. The van der Waals surface area contributed by atoms with E-state index in [1.807, 2.05) is 18.2 Å². The first-order valence-corrected chi connectivity index (χ1v) is 10.3. The molecule has 0 saturated carbocycles. The number of aliphatic carboxylic acids is 1. The summed E-state index contributed by atoms with van der Waals surface area (Å²) in [4.78, 5) is 26.7. The lowest BCUT2D eigenvalue weighted by Crippen LogP contribution is -2.49. The number of nitrogens with one attached hydrogen (secondary N) is 1. The van der Waals surface area contributed by atoms with Crippen molar-refractivity contribution in [3.05, 3.63) is 42.0 Å². The summed E-state index contributed by atoms with van der Waals surface area (Å²) in [5, 5.41) is 12.6. The molecule has 2 fully saturated rings. The Morgan fingerprint density at radius 3 is 2.41 bits per heavy atom. The lowest BCUT2D eigenvalue weighted by molar-refractivity contribution is -0.146. The van der Waals surface area contributed by atoms with Crippen LogP contribution in [0.3, 0.4) is 0 Å². The van der Waals surface area contributed by atoms with Crippen molar-refractivity contribution >= 4 is 11.9 Å². The fourth-order valence-electron chi connectivity index (χ4n) is 4.59. The molecule has 7 heteroatoms. The predicted octanol–water partition coefficient (Wildman–Crippen LogP) is 1.47. The Balaban J connectivity index is 1.23. The Hall–Kier alpha value is -2.38. The van der Waals surface area contributed by atoms with Gasteiger partial charge in [0.05, 0.1) is 25.2 Å². The number of hydrogen-bond donors (Lipinski definition) is 2. The van der Waals surface area contributed by atoms with Crippen LogP contribution >= 0.6 is 0 Å². The minimum atomic E-state index is -0.963. The molecule has 1 aromatic carbocycles. The second-order valence-corrected chi connectivity index (χ2v) is 8.06. The normalized spacial score (nSPS) is 29.1. The van der Waals surface area contributed by atoms with E-state index in [2.05, 4.69) is 22.3 Å². The van der Waals surface area contributed by atoms with Gasteiger partial charge in [-0.05, 0) is 37.0 Å². The zero-order valence-corrected chi connectivity index (χ0v) is 16.6. The highest BCUT2D eigenvalue weighted by Crippen LogP contribution is 2.39. The van der Waals surface area contributed by atoms with Crippen molar-refractivity contribution in [3.8, 4) is 5.75 Å². The lowest BCUT2D eigenvalue weighted by atomic mass is 9.82. The maximum atomic E-state index is 12.8. The van der Waals surface area contributed by atoms with Crippen LogP contribution in [0.25, 0.3) is 0 Å². The van der Waals surface area contributed by atoms with Crippen LogP contribution in [0, 0.1) is 11.8 Å². The number of carboxylic acids is 1. The van der Waals surface area contributed by atoms with E-state index in [-0.39, 0.29) is 11.9 Å². The highest BCUT2D eigenvalue weighted by Gasteiger charge is 2.53. The third kappa shape index (κ3) is 4.31. The van der Waals surface area contributed by atoms with E-state index in [9.17, 15) is 14.7 Å². The molecule has 2 bridgehead atoms. The van der Waals surface area contributed by atoms with Crippen LogP contribution < -0.4 is 10.1 Å². The number of carboxylic acid groups (broad SMARTS) is 1. The van der Waals surface area contributed by atoms with Gasteiger partial charge in [-0.1, -0.05) is 24.3 Å². The van der Waals surface area contributed by atoms with Gasteiger partial charge in [0.1, 0.15) is 11.7 Å². The minimum absolute atomic E-state index is 0.0947. The smallest absolute Gasteiger partial charge is 0.310 e. The zero-order valence-electron chi connectivity index (χ0n) is 16.6. The zero-order chi connectivity index (χ0) is 20.4. The average Bonchev–Trinajstić information content (AvgIpc) is 3.35. The third-order valence-corrected chi connectivity index (χ3v) is 6.30. The number of hydrogen-bond acceptors (Lipinski definition) is 5. The number of carbonyl (C=O) groups excluding carboxylic acids is 1. The number of nitrogens with zero attached hydrogens (tertiary/aromatic N) is 1. The van der Waals surface area contributed by atoms with Gasteiger partial charge in [-0.25, -0.2) is 0 Å². The average molecular weight is 400 g/mol. The fourth-order valence-corrected chi connectivity index (χ4v) is 4.59. The molecule has 3 aliphatic rings. The van der Waals surface area contributed by atoms with Gasteiger partial charge in [0.15, 0.2) is 0 Å². The number of amides is 1. The molecule has 0 aliphatic carbocycles. The summed E-state index contributed by atoms with van der Waals surface area (Å²) in [5.74, 6) is -1.70. The molecule has 4 atom stereocenters. The van der Waals surface area contributed by atoms with Crippen molar-refractivity contribution in [2.24, 2.45) is 11.8 Å². The van der Waals surface area contributed by atoms with Crippen LogP contribution in [-0.4, -0.2) is 66.9 Å². The van der Waals surface area contributed by atoms with E-state index >= 15 is 0 Å². The number of benzene rings is 1. The summed E-state index contributed by atoms with van der Waals surface area (Å²) >= 11 is 0. The molecule has 156 valence electrons. The highest BCUT2D eigenvalue weighted by atomic mass is 16.5. The van der Waals surface area contributed by atoms with Crippen molar-refractivity contribution < 1.29 is 24.2 Å². The van der Waals surface area contributed by atoms with Crippen molar-refractivity contribution in [2.45, 2.75) is 37.5 Å². The van der Waals surface area contributed by atoms with E-state index < -0.39 is 30.0 Å². The molecule has 3 aliphatic heterocycles. The molecule has 2 unspecified atom stereocenters. The summed E-state index contributed by atoms with van der Waals surface area (Å²) in [6.07, 6.45) is 5.42. The van der Waals surface area contributed by atoms with Crippen LogP contribution in [-0.2, 0) is 20.7 Å². The maximum Gasteiger partial charge on any atom is 0.310 e. The molecule has 1 amide bonds. The first kappa shape index (κ1) is 19.9. The Bertz CT molecular complexity index is 770. The van der Waals surface area contributed by atoms with Crippen LogP contribution in [0.5, 0.6) is 5.75 Å². The summed E-state index contributed by atoms with van der Waals surface area (Å²) < 4.78 is 10.8. The minimum Gasteiger partial charge on any atom is -0.497 e. The van der Waals surface area contributed by atoms with Crippen molar-refractivity contribution in [2.75, 3.05) is 26.7 Å². The topological polar surface area (TPSA) is 88.1 Å². The molecule has 3 heterocycles. The summed E-state index contributed by atoms with van der Waals surface area (Å²) in [6, 6.07) is 8.25. The first-order chi connectivity index (χ1) is 14.0. The molecule has 0 spiro atoms. The molecule has 4 rings (SSSR count). The SMILES string of the molecule is COc1ccc(CCN2CCC(NC(=O)C3C(C(=O)O)[C@H]4C=C[C@H]3O4)CC2)cc1. The Labute approximate surface area is 170 Å². The number of rotatable bonds is 7. The first-order valence-electron chi connectivity index (χ1n) is 10.3. The van der Waals surface area contributed by atoms with Gasteiger partial charge < -0.3 is 24.8 Å². The van der Waals surface area contributed by atoms with Gasteiger partial charge in [-0.3, -0.25) is 9.59 Å². The van der Waals surface area contributed by atoms with Gasteiger partial charge in [0, 0.05) is 25.7 Å². The monoisotopic (exact) mass is 400 g/mol. The predicted molar refractivity (Wildman–Crippen MR) is 107 cm³/mol. The highest BCUT2D eigenvalue weighted by molar-refractivity contribution is 5.87. The Morgan fingerprint density at radius 1 is 1.14 bits per heavy atom. The van der Waals surface area contributed by atoms with Gasteiger partial charge in [0.25, 0.3) is 0 Å². The van der Waals surface area contributed by atoms with Gasteiger partial charge in [-0.2, -0.15) is 0 Å².